The highest BCUT2D eigenvalue weighted by molar-refractivity contribution is 5.70. The van der Waals surface area contributed by atoms with Crippen molar-refractivity contribution < 1.29 is 9.94 Å². The van der Waals surface area contributed by atoms with Gasteiger partial charge in [0.05, 0.1) is 0 Å². The summed E-state index contributed by atoms with van der Waals surface area (Å²) in [6.45, 7) is 5.43. The van der Waals surface area contributed by atoms with Crippen molar-refractivity contribution >= 4 is 6.02 Å². The molecule has 0 rings (SSSR count). The first-order valence-corrected chi connectivity index (χ1v) is 2.62. The molecule has 0 radical (unpaired) electrons. The van der Waals surface area contributed by atoms with Crippen LogP contribution >= 0.6 is 0 Å². The zero-order valence-electron chi connectivity index (χ0n) is 5.88. The molecule has 0 aromatic rings. The quantitative estimate of drug-likeness (QED) is 0.218. The fraction of sp³-hybridized carbons (Fsp3) is 0.800. The van der Waals surface area contributed by atoms with Crippen LogP contribution in [0.3, 0.4) is 0 Å². The topological polar surface area (TPSA) is 67.8 Å². The summed E-state index contributed by atoms with van der Waals surface area (Å²) in [4.78, 5) is 0. The van der Waals surface area contributed by atoms with E-state index in [9.17, 15) is 0 Å². The average molecular weight is 132 g/mol. The molecule has 0 saturated heterocycles. The summed E-state index contributed by atoms with van der Waals surface area (Å²) in [5, 5.41) is 10.7. The van der Waals surface area contributed by atoms with Crippen LogP contribution in [0.4, 0.5) is 0 Å². The molecule has 0 spiro atoms. The highest BCUT2D eigenvalue weighted by Crippen LogP contribution is 2.05. The van der Waals surface area contributed by atoms with Crippen LogP contribution in [0.2, 0.25) is 0 Å². The second-order valence-corrected chi connectivity index (χ2v) is 2.65. The molecule has 4 nitrogen and oxygen atoms in total. The molecule has 0 aromatic heterocycles. The summed E-state index contributed by atoms with van der Waals surface area (Å²) < 4.78 is 4.86. The minimum Gasteiger partial charge on any atom is -0.458 e. The molecule has 0 saturated carbocycles. The van der Waals surface area contributed by atoms with E-state index in [1.165, 1.54) is 0 Å². The highest BCUT2D eigenvalue weighted by atomic mass is 16.5. The van der Waals surface area contributed by atoms with Crippen molar-refractivity contribution in [1.82, 2.24) is 0 Å². The number of amidine groups is 1. The Hall–Kier alpha value is -0.930. The number of nitrogens with two attached hydrogens (primary N) is 1. The number of hydrogen-bond acceptors (Lipinski definition) is 3. The number of hydrogen-bond donors (Lipinski definition) is 2. The van der Waals surface area contributed by atoms with Crippen LogP contribution in [-0.2, 0) is 4.74 Å². The Labute approximate surface area is 54.3 Å². The zero-order valence-corrected chi connectivity index (χ0v) is 5.88. The van der Waals surface area contributed by atoms with E-state index in [1.807, 2.05) is 20.8 Å². The van der Waals surface area contributed by atoms with E-state index in [-0.39, 0.29) is 6.02 Å². The van der Waals surface area contributed by atoms with Gasteiger partial charge in [0.2, 0.25) is 0 Å². The normalized spacial score (nSPS) is 13.4. The molecule has 0 aliphatic rings. The molecule has 0 aliphatic carbocycles. The number of rotatable bonds is 0. The summed E-state index contributed by atoms with van der Waals surface area (Å²) in [6.07, 6.45) is 0. The van der Waals surface area contributed by atoms with E-state index in [1.54, 1.807) is 0 Å². The molecular weight excluding hydrogens is 120 g/mol. The molecule has 0 unspecified atom stereocenters. The molecule has 0 aromatic carbocycles. The van der Waals surface area contributed by atoms with Gasteiger partial charge in [-0.25, -0.2) is 0 Å². The summed E-state index contributed by atoms with van der Waals surface area (Å²) in [5.74, 6) is 0. The minimum absolute atomic E-state index is 0.206. The fourth-order valence-electron chi connectivity index (χ4n) is 0.334. The molecule has 0 atom stereocenters. The van der Waals surface area contributed by atoms with Gasteiger partial charge in [-0.05, 0) is 25.9 Å². The van der Waals surface area contributed by atoms with Crippen LogP contribution in [0.1, 0.15) is 20.8 Å². The van der Waals surface area contributed by atoms with Gasteiger partial charge in [0.1, 0.15) is 5.60 Å². The Balaban J connectivity index is 3.75. The van der Waals surface area contributed by atoms with E-state index in [0.717, 1.165) is 0 Å². The Kier molecular flexibility index (Phi) is 2.30. The van der Waals surface area contributed by atoms with Crippen molar-refractivity contribution in [1.29, 1.82) is 0 Å². The van der Waals surface area contributed by atoms with Gasteiger partial charge >= 0.3 is 6.02 Å². The number of oxime groups is 1. The predicted molar refractivity (Wildman–Crippen MR) is 34.2 cm³/mol. The molecule has 54 valence electrons. The van der Waals surface area contributed by atoms with E-state index in [2.05, 4.69) is 5.16 Å². The molecule has 0 aliphatic heterocycles. The van der Waals surface area contributed by atoms with Crippen molar-refractivity contribution in [3.63, 3.8) is 0 Å². The van der Waals surface area contributed by atoms with E-state index in [4.69, 9.17) is 15.7 Å². The standard InChI is InChI=1S/C5H12N2O2/c1-5(2,3)9-4(6)7-8/h8H,1-3H3,(H2,6,7). The molecular formula is C5H12N2O2. The third kappa shape index (κ3) is 4.93. The van der Waals surface area contributed by atoms with Crippen molar-refractivity contribution in [2.45, 2.75) is 26.4 Å². The average Bonchev–Trinajstić information content (AvgIpc) is 1.62. The largest absolute Gasteiger partial charge is 0.458 e. The first kappa shape index (κ1) is 8.07. The van der Waals surface area contributed by atoms with E-state index in [0.29, 0.717) is 0 Å². The highest BCUT2D eigenvalue weighted by Gasteiger charge is 2.12. The molecule has 0 heterocycles. The number of nitrogens with zero attached hydrogens (tertiary/aromatic N) is 1. The molecule has 0 amide bonds. The molecule has 0 bridgehead atoms. The Bertz CT molecular complexity index is 115. The van der Waals surface area contributed by atoms with Gasteiger partial charge in [0.25, 0.3) is 0 Å². The Morgan fingerprint density at radius 3 is 2.11 bits per heavy atom. The van der Waals surface area contributed by atoms with Crippen molar-refractivity contribution in [3.8, 4) is 0 Å². The SMILES string of the molecule is CC(C)(C)OC(N)=NO. The van der Waals surface area contributed by atoms with E-state index < -0.39 is 5.60 Å². The van der Waals surface area contributed by atoms with Crippen molar-refractivity contribution in [2.75, 3.05) is 0 Å². The smallest absolute Gasteiger partial charge is 0.321 e. The lowest BCUT2D eigenvalue weighted by Crippen LogP contribution is -2.28. The van der Waals surface area contributed by atoms with Gasteiger partial charge in [-0.15, -0.1) is 0 Å². The fourth-order valence-corrected chi connectivity index (χ4v) is 0.334. The zero-order chi connectivity index (χ0) is 7.49. The summed E-state index contributed by atoms with van der Waals surface area (Å²) in [6, 6.07) is -0.206. The number of ether oxygens (including phenoxy) is 1. The lowest BCUT2D eigenvalue weighted by atomic mass is 10.2. The maximum Gasteiger partial charge on any atom is 0.321 e. The molecule has 3 N–H and O–H groups in total. The first-order valence-electron chi connectivity index (χ1n) is 2.62. The lowest BCUT2D eigenvalue weighted by Gasteiger charge is -2.18. The van der Waals surface area contributed by atoms with Crippen LogP contribution in [-0.4, -0.2) is 16.8 Å². The summed E-state index contributed by atoms with van der Waals surface area (Å²) >= 11 is 0. The minimum atomic E-state index is -0.393. The third-order valence-corrected chi connectivity index (χ3v) is 0.509. The van der Waals surface area contributed by atoms with Crippen LogP contribution in [0.25, 0.3) is 0 Å². The Morgan fingerprint density at radius 2 is 2.00 bits per heavy atom. The van der Waals surface area contributed by atoms with Gasteiger partial charge in [0, 0.05) is 0 Å². The van der Waals surface area contributed by atoms with Gasteiger partial charge in [-0.2, -0.15) is 0 Å². The predicted octanol–water partition coefficient (Wildman–Crippen LogP) is 0.505. The molecule has 4 heteroatoms. The van der Waals surface area contributed by atoms with Crippen LogP contribution in [0.5, 0.6) is 0 Å². The second-order valence-electron chi connectivity index (χ2n) is 2.65. The lowest BCUT2D eigenvalue weighted by molar-refractivity contribution is 0.104. The maximum absolute atomic E-state index is 8.04. The summed E-state index contributed by atoms with van der Waals surface area (Å²) in [7, 11) is 0. The van der Waals surface area contributed by atoms with E-state index >= 15 is 0 Å². The molecule has 9 heavy (non-hydrogen) atoms. The van der Waals surface area contributed by atoms with Gasteiger partial charge in [0.15, 0.2) is 0 Å². The first-order chi connectivity index (χ1) is 3.95. The van der Waals surface area contributed by atoms with Gasteiger partial charge in [-0.1, -0.05) is 0 Å². The Morgan fingerprint density at radius 1 is 1.56 bits per heavy atom. The van der Waals surface area contributed by atoms with Crippen LogP contribution < -0.4 is 5.73 Å². The van der Waals surface area contributed by atoms with Crippen molar-refractivity contribution in [3.05, 3.63) is 0 Å². The summed E-state index contributed by atoms with van der Waals surface area (Å²) in [5.41, 5.74) is 4.64. The second kappa shape index (κ2) is 2.57. The van der Waals surface area contributed by atoms with Crippen molar-refractivity contribution in [2.24, 2.45) is 10.9 Å². The van der Waals surface area contributed by atoms with Gasteiger partial charge in [-0.3, -0.25) is 0 Å². The van der Waals surface area contributed by atoms with Gasteiger partial charge < -0.3 is 15.7 Å². The molecule has 0 fully saturated rings. The van der Waals surface area contributed by atoms with Crippen LogP contribution in [0.15, 0.2) is 5.16 Å². The third-order valence-electron chi connectivity index (χ3n) is 0.509. The van der Waals surface area contributed by atoms with Crippen LogP contribution in [0, 0.1) is 0 Å². The maximum atomic E-state index is 8.04. The monoisotopic (exact) mass is 132 g/mol.